The molecule has 3 N–H and O–H groups in total. The van der Waals surface area contributed by atoms with Crippen LogP contribution in [-0.4, -0.2) is 29.8 Å². The lowest BCUT2D eigenvalue weighted by Crippen LogP contribution is -2.62. The van der Waals surface area contributed by atoms with E-state index in [0.29, 0.717) is 11.3 Å². The minimum Gasteiger partial charge on any atom is -0.395 e. The Hall–Kier alpha value is -1.52. The van der Waals surface area contributed by atoms with Crippen molar-refractivity contribution in [3.05, 3.63) is 34.9 Å². The van der Waals surface area contributed by atoms with Crippen molar-refractivity contribution in [2.24, 2.45) is 44.1 Å². The Morgan fingerprint density at radius 3 is 2.24 bits per heavy atom. The fourth-order valence-electron chi connectivity index (χ4n) is 9.10. The van der Waals surface area contributed by atoms with Crippen LogP contribution in [0.4, 0.5) is 0 Å². The molecular weight excluding hydrogens is 422 g/mol. The van der Waals surface area contributed by atoms with Crippen molar-refractivity contribution in [2.45, 2.75) is 86.5 Å². The average molecular weight is 466 g/mol. The minimum absolute atomic E-state index is 0.0139. The third-order valence-electron chi connectivity index (χ3n) is 12.1. The number of nitrogens with two attached hydrogens (primary N) is 1. The van der Waals surface area contributed by atoms with Crippen LogP contribution in [0.25, 0.3) is 0 Å². The number of aliphatic hydroxyl groups excluding tert-OH is 1. The maximum atomic E-state index is 12.8. The molecule has 0 aromatic carbocycles. The molecule has 3 fully saturated rings. The smallest absolute Gasteiger partial charge is 0.222 e. The number of aliphatic hydroxyl groups is 1. The molecule has 0 spiro atoms. The van der Waals surface area contributed by atoms with E-state index in [1.54, 1.807) is 13.0 Å². The van der Waals surface area contributed by atoms with Crippen LogP contribution in [0.3, 0.4) is 0 Å². The first-order valence-corrected chi connectivity index (χ1v) is 13.3. The molecule has 5 aliphatic carbocycles. The molecule has 34 heavy (non-hydrogen) atoms. The van der Waals surface area contributed by atoms with E-state index in [1.165, 1.54) is 31.3 Å². The van der Waals surface area contributed by atoms with Gasteiger partial charge in [-0.3, -0.25) is 9.59 Å². The van der Waals surface area contributed by atoms with Crippen LogP contribution in [0, 0.1) is 38.4 Å². The van der Waals surface area contributed by atoms with Crippen LogP contribution in [0.1, 0.15) is 86.5 Å². The van der Waals surface area contributed by atoms with E-state index in [-0.39, 0.29) is 28.3 Å². The van der Waals surface area contributed by atoms with Crippen molar-refractivity contribution in [1.82, 2.24) is 0 Å². The van der Waals surface area contributed by atoms with Gasteiger partial charge in [-0.25, -0.2) is 0 Å². The summed E-state index contributed by atoms with van der Waals surface area (Å²) < 4.78 is 0. The van der Waals surface area contributed by atoms with Gasteiger partial charge >= 0.3 is 0 Å². The van der Waals surface area contributed by atoms with Crippen LogP contribution in [0.5, 0.6) is 0 Å². The first-order chi connectivity index (χ1) is 15.7. The zero-order valence-corrected chi connectivity index (χ0v) is 22.0. The van der Waals surface area contributed by atoms with Gasteiger partial charge in [-0.15, -0.1) is 0 Å². The Morgan fingerprint density at radius 1 is 0.912 bits per heavy atom. The lowest BCUT2D eigenvalue weighted by Gasteiger charge is -2.70. The second kappa shape index (κ2) is 7.03. The van der Waals surface area contributed by atoms with Gasteiger partial charge in [0.1, 0.15) is 0 Å². The highest BCUT2D eigenvalue weighted by atomic mass is 16.3. The van der Waals surface area contributed by atoms with Gasteiger partial charge < -0.3 is 10.8 Å². The number of rotatable bonds is 2. The molecule has 0 bridgehead atoms. The highest BCUT2D eigenvalue weighted by Gasteiger charge is 2.67. The Morgan fingerprint density at radius 2 is 1.59 bits per heavy atom. The highest BCUT2D eigenvalue weighted by Crippen LogP contribution is 2.75. The van der Waals surface area contributed by atoms with Crippen molar-refractivity contribution in [2.75, 3.05) is 13.2 Å². The van der Waals surface area contributed by atoms with E-state index >= 15 is 0 Å². The molecule has 0 heterocycles. The van der Waals surface area contributed by atoms with Crippen LogP contribution >= 0.6 is 0 Å². The lowest BCUT2D eigenvalue weighted by atomic mass is 9.34. The monoisotopic (exact) mass is 465 g/mol. The molecule has 0 aromatic rings. The molecule has 186 valence electrons. The first-order valence-electron chi connectivity index (χ1n) is 13.3. The first kappa shape index (κ1) is 24.2. The molecule has 0 aliphatic heterocycles. The van der Waals surface area contributed by atoms with Crippen LogP contribution in [-0.2, 0) is 9.59 Å². The lowest BCUT2D eigenvalue weighted by molar-refractivity contribution is -0.160. The zero-order chi connectivity index (χ0) is 24.9. The summed E-state index contributed by atoms with van der Waals surface area (Å²) >= 11 is 0. The number of fused-ring (bicyclic) bond motifs is 7. The topological polar surface area (TPSA) is 80.4 Å². The van der Waals surface area contributed by atoms with Crippen molar-refractivity contribution in [3.8, 4) is 0 Å². The molecule has 0 saturated heterocycles. The Balaban J connectivity index is 1.66. The molecule has 4 nitrogen and oxygen atoms in total. The van der Waals surface area contributed by atoms with Crippen molar-refractivity contribution in [1.29, 1.82) is 0 Å². The van der Waals surface area contributed by atoms with E-state index in [1.807, 2.05) is 0 Å². The summed E-state index contributed by atoms with van der Waals surface area (Å²) in [7, 11) is 0. The third-order valence-corrected chi connectivity index (χ3v) is 12.1. The van der Waals surface area contributed by atoms with Gasteiger partial charge in [0.2, 0.25) is 11.6 Å². The van der Waals surface area contributed by atoms with Gasteiger partial charge in [0.15, 0.2) is 0 Å². The van der Waals surface area contributed by atoms with Gasteiger partial charge in [-0.1, -0.05) is 52.3 Å². The molecule has 7 atom stereocenters. The van der Waals surface area contributed by atoms with E-state index in [9.17, 15) is 14.7 Å². The number of ketones is 2. The standard InChI is InChI=1S/C30H43NO3/c1-25(17-31)9-10-26(2)11-13-29(5)22-8-7-19-20(15-21(33)24(34)28(19,4)18-32)27(22,3)12-14-30(29,6)23(26)16-25/h7-8,15,23,32H,9-14,16-18,31H2,1-6H3/t23-,25-,26-,27+,28+,29-,30+/m1/s1. The van der Waals surface area contributed by atoms with Gasteiger partial charge in [-0.2, -0.15) is 0 Å². The second-order valence-corrected chi connectivity index (χ2v) is 13.9. The summed E-state index contributed by atoms with van der Waals surface area (Å²) in [5.74, 6) is -0.343. The SMILES string of the molecule is C[C@@]1(CN)CC[C@]2(C)CC[C@]3(C)C4=CC=C5C(=CC(=O)C(=O)[C@@]5(C)CO)[C@]4(C)CC[C@@]3(C)[C@@H]2C1. The maximum absolute atomic E-state index is 12.8. The average Bonchev–Trinajstić information content (AvgIpc) is 2.81. The van der Waals surface area contributed by atoms with Crippen molar-refractivity contribution in [3.63, 3.8) is 0 Å². The summed E-state index contributed by atoms with van der Waals surface area (Å²) in [5, 5.41) is 10.2. The molecule has 3 saturated carbocycles. The fourth-order valence-corrected chi connectivity index (χ4v) is 9.10. The Kier molecular flexibility index (Phi) is 5.00. The second-order valence-electron chi connectivity index (χ2n) is 13.9. The van der Waals surface area contributed by atoms with E-state index < -0.39 is 17.0 Å². The van der Waals surface area contributed by atoms with Gasteiger partial charge in [-0.05, 0) is 103 Å². The predicted molar refractivity (Wildman–Crippen MR) is 135 cm³/mol. The molecule has 0 amide bonds. The maximum Gasteiger partial charge on any atom is 0.222 e. The highest BCUT2D eigenvalue weighted by molar-refractivity contribution is 6.45. The number of allylic oxidation sites excluding steroid dienone is 5. The minimum atomic E-state index is -1.15. The largest absolute Gasteiger partial charge is 0.395 e. The summed E-state index contributed by atoms with van der Waals surface area (Å²) in [4.78, 5) is 25.6. The van der Waals surface area contributed by atoms with Crippen LogP contribution < -0.4 is 5.73 Å². The number of hydrogen-bond acceptors (Lipinski definition) is 4. The van der Waals surface area contributed by atoms with Crippen molar-refractivity contribution >= 4 is 11.6 Å². The van der Waals surface area contributed by atoms with E-state index in [2.05, 4.69) is 46.8 Å². The summed E-state index contributed by atoms with van der Waals surface area (Å²) in [5.41, 5.74) is 8.84. The quantitative estimate of drug-likeness (QED) is 0.542. The third kappa shape index (κ3) is 2.73. The number of hydrogen-bond donors (Lipinski definition) is 2. The molecule has 0 aromatic heterocycles. The van der Waals surface area contributed by atoms with Crippen LogP contribution in [0.2, 0.25) is 0 Å². The molecule has 4 heteroatoms. The molecular formula is C30H43NO3. The summed E-state index contributed by atoms with van der Waals surface area (Å²) in [6, 6.07) is 0. The summed E-state index contributed by atoms with van der Waals surface area (Å²) in [6.07, 6.45) is 14.0. The molecule has 0 radical (unpaired) electrons. The fraction of sp³-hybridized carbons (Fsp3) is 0.733. The summed E-state index contributed by atoms with van der Waals surface area (Å²) in [6.45, 7) is 14.3. The Bertz CT molecular complexity index is 1070. The zero-order valence-electron chi connectivity index (χ0n) is 22.0. The van der Waals surface area contributed by atoms with Crippen LogP contribution in [0.15, 0.2) is 34.9 Å². The normalized spacial score (nSPS) is 50.2. The number of Topliss-reactive ketones (excluding diaryl/α,β-unsaturated/α-hetero) is 1. The predicted octanol–water partition coefficient (Wildman–Crippen LogP) is 5.31. The molecule has 5 rings (SSSR count). The van der Waals surface area contributed by atoms with E-state index in [0.717, 1.165) is 37.0 Å². The van der Waals surface area contributed by atoms with Gasteiger partial charge in [0.05, 0.1) is 12.0 Å². The Labute approximate surface area is 205 Å². The van der Waals surface area contributed by atoms with Crippen molar-refractivity contribution < 1.29 is 14.7 Å². The van der Waals surface area contributed by atoms with Gasteiger partial charge in [0.25, 0.3) is 0 Å². The molecule has 5 aliphatic rings. The van der Waals surface area contributed by atoms with E-state index in [4.69, 9.17) is 5.73 Å². The molecule has 0 unspecified atom stereocenters. The van der Waals surface area contributed by atoms with Gasteiger partial charge in [0, 0.05) is 5.41 Å². The number of carbonyl (C=O) groups excluding carboxylic acids is 2. The number of carbonyl (C=O) groups is 2.